The minimum atomic E-state index is 0.534. The fourth-order valence-electron chi connectivity index (χ4n) is 3.22. The molecule has 0 aliphatic carbocycles. The van der Waals surface area contributed by atoms with Gasteiger partial charge in [0, 0.05) is 23.7 Å². The van der Waals surface area contributed by atoms with E-state index in [4.69, 9.17) is 4.52 Å². The number of hydrogen-bond donors (Lipinski definition) is 1. The Morgan fingerprint density at radius 3 is 2.67 bits per heavy atom. The number of nitrogens with one attached hydrogen (secondary N) is 1. The third-order valence-electron chi connectivity index (χ3n) is 4.38. The van der Waals surface area contributed by atoms with Crippen LogP contribution in [0.4, 0.5) is 0 Å². The van der Waals surface area contributed by atoms with Crippen LogP contribution >= 0.6 is 0 Å². The molecule has 0 saturated carbocycles. The van der Waals surface area contributed by atoms with Gasteiger partial charge in [0.25, 0.3) is 0 Å². The van der Waals surface area contributed by atoms with Crippen LogP contribution < -0.4 is 0 Å². The van der Waals surface area contributed by atoms with Crippen molar-refractivity contribution in [2.24, 2.45) is 5.92 Å². The van der Waals surface area contributed by atoms with Gasteiger partial charge in [0.2, 0.25) is 0 Å². The standard InChI is InChI=1S/C21H23N5O/c1-14(2)9-18-11-17(25-27-18)12-26-13-22-20(16-7-5-4-6-8-16)21(26)19-10-15(3)23-24-19/h4-8,10-11,13-14H,9,12H2,1-3H3,(H,23,24). The molecule has 0 aliphatic heterocycles. The van der Waals surface area contributed by atoms with Crippen molar-refractivity contribution < 1.29 is 4.52 Å². The number of aryl methyl sites for hydroxylation is 1. The van der Waals surface area contributed by atoms with Crippen LogP contribution in [0.5, 0.6) is 0 Å². The molecule has 1 N–H and O–H groups in total. The van der Waals surface area contributed by atoms with E-state index in [1.165, 1.54) is 0 Å². The van der Waals surface area contributed by atoms with Crippen molar-refractivity contribution in [1.29, 1.82) is 0 Å². The second kappa shape index (κ2) is 7.23. The molecule has 0 unspecified atom stereocenters. The number of imidazole rings is 1. The summed E-state index contributed by atoms with van der Waals surface area (Å²) in [6.45, 7) is 6.92. The van der Waals surface area contributed by atoms with E-state index in [1.54, 1.807) is 0 Å². The highest BCUT2D eigenvalue weighted by atomic mass is 16.5. The SMILES string of the molecule is Cc1cc(-c2c(-c3ccccc3)ncn2Cc2cc(CC(C)C)on2)n[nH]1. The van der Waals surface area contributed by atoms with Crippen molar-refractivity contribution in [3.8, 4) is 22.6 Å². The molecule has 0 aliphatic rings. The number of benzene rings is 1. The smallest absolute Gasteiger partial charge is 0.137 e. The van der Waals surface area contributed by atoms with E-state index in [-0.39, 0.29) is 0 Å². The molecule has 3 heterocycles. The third kappa shape index (κ3) is 3.69. The predicted molar refractivity (Wildman–Crippen MR) is 104 cm³/mol. The Morgan fingerprint density at radius 1 is 1.15 bits per heavy atom. The number of rotatable bonds is 6. The Hall–Kier alpha value is -3.15. The molecule has 0 atom stereocenters. The Bertz CT molecular complexity index is 1030. The highest BCUT2D eigenvalue weighted by Crippen LogP contribution is 2.31. The van der Waals surface area contributed by atoms with Crippen LogP contribution in [0.2, 0.25) is 0 Å². The molecular formula is C21H23N5O. The highest BCUT2D eigenvalue weighted by molar-refractivity contribution is 5.76. The number of aromatic amines is 1. The molecule has 0 amide bonds. The van der Waals surface area contributed by atoms with Gasteiger partial charge in [-0.1, -0.05) is 49.3 Å². The summed E-state index contributed by atoms with van der Waals surface area (Å²) in [6.07, 6.45) is 2.73. The molecule has 138 valence electrons. The molecule has 3 aromatic heterocycles. The molecule has 4 aromatic rings. The zero-order valence-corrected chi connectivity index (χ0v) is 15.8. The Labute approximate surface area is 158 Å². The number of nitrogens with zero attached hydrogens (tertiary/aromatic N) is 4. The summed E-state index contributed by atoms with van der Waals surface area (Å²) in [5.41, 5.74) is 5.71. The Kier molecular flexibility index (Phi) is 4.62. The lowest BCUT2D eigenvalue weighted by Gasteiger charge is -2.06. The lowest BCUT2D eigenvalue weighted by molar-refractivity contribution is 0.362. The molecule has 1 aromatic carbocycles. The van der Waals surface area contributed by atoms with Gasteiger partial charge in [0.1, 0.15) is 17.1 Å². The molecule has 6 heteroatoms. The second-order valence-corrected chi connectivity index (χ2v) is 7.25. The van der Waals surface area contributed by atoms with E-state index in [9.17, 15) is 0 Å². The van der Waals surface area contributed by atoms with E-state index >= 15 is 0 Å². The van der Waals surface area contributed by atoms with Crippen LogP contribution in [0.1, 0.15) is 31.0 Å². The van der Waals surface area contributed by atoms with Gasteiger partial charge in [-0.25, -0.2) is 4.98 Å². The normalized spacial score (nSPS) is 11.4. The van der Waals surface area contributed by atoms with Crippen molar-refractivity contribution in [2.45, 2.75) is 33.7 Å². The summed E-state index contributed by atoms with van der Waals surface area (Å²) in [6, 6.07) is 14.2. The van der Waals surface area contributed by atoms with Crippen LogP contribution in [0, 0.1) is 12.8 Å². The van der Waals surface area contributed by atoms with E-state index < -0.39 is 0 Å². The summed E-state index contributed by atoms with van der Waals surface area (Å²) in [4.78, 5) is 4.67. The van der Waals surface area contributed by atoms with E-state index in [2.05, 4.69) is 50.9 Å². The van der Waals surface area contributed by atoms with Gasteiger partial charge in [-0.3, -0.25) is 5.10 Å². The molecule has 0 radical (unpaired) electrons. The second-order valence-electron chi connectivity index (χ2n) is 7.25. The largest absolute Gasteiger partial charge is 0.361 e. The first-order valence-electron chi connectivity index (χ1n) is 9.17. The Morgan fingerprint density at radius 2 is 1.96 bits per heavy atom. The van der Waals surface area contributed by atoms with Gasteiger partial charge in [-0.05, 0) is 18.9 Å². The summed E-state index contributed by atoms with van der Waals surface area (Å²) in [7, 11) is 0. The van der Waals surface area contributed by atoms with Crippen LogP contribution in [-0.2, 0) is 13.0 Å². The van der Waals surface area contributed by atoms with Crippen LogP contribution in [0.15, 0.2) is 53.3 Å². The lowest BCUT2D eigenvalue weighted by atomic mass is 10.1. The first-order chi connectivity index (χ1) is 13.1. The molecule has 0 spiro atoms. The zero-order valence-electron chi connectivity index (χ0n) is 15.8. The van der Waals surface area contributed by atoms with E-state index in [0.717, 1.165) is 46.2 Å². The van der Waals surface area contributed by atoms with Crippen LogP contribution in [0.3, 0.4) is 0 Å². The first-order valence-corrected chi connectivity index (χ1v) is 9.17. The van der Waals surface area contributed by atoms with Crippen molar-refractivity contribution in [3.63, 3.8) is 0 Å². The fourth-order valence-corrected chi connectivity index (χ4v) is 3.22. The van der Waals surface area contributed by atoms with Crippen molar-refractivity contribution in [1.82, 2.24) is 24.9 Å². The van der Waals surface area contributed by atoms with Crippen molar-refractivity contribution >= 4 is 0 Å². The minimum Gasteiger partial charge on any atom is -0.361 e. The maximum absolute atomic E-state index is 5.48. The van der Waals surface area contributed by atoms with Gasteiger partial charge < -0.3 is 9.09 Å². The molecule has 27 heavy (non-hydrogen) atoms. The van der Waals surface area contributed by atoms with Crippen molar-refractivity contribution in [3.05, 3.63) is 65.9 Å². The minimum absolute atomic E-state index is 0.534. The average Bonchev–Trinajstić information content (AvgIpc) is 3.36. The fraction of sp³-hybridized carbons (Fsp3) is 0.286. The summed E-state index contributed by atoms with van der Waals surface area (Å²) in [5.74, 6) is 1.45. The van der Waals surface area contributed by atoms with Crippen molar-refractivity contribution in [2.75, 3.05) is 0 Å². The number of aromatic nitrogens is 5. The number of H-pyrrole nitrogens is 1. The first kappa shape index (κ1) is 17.3. The highest BCUT2D eigenvalue weighted by Gasteiger charge is 2.18. The average molecular weight is 361 g/mol. The van der Waals surface area contributed by atoms with Crippen LogP contribution in [0.25, 0.3) is 22.6 Å². The van der Waals surface area contributed by atoms with Crippen LogP contribution in [-0.4, -0.2) is 24.9 Å². The van der Waals surface area contributed by atoms with Gasteiger partial charge >= 0.3 is 0 Å². The van der Waals surface area contributed by atoms with Gasteiger partial charge in [0.05, 0.1) is 24.3 Å². The van der Waals surface area contributed by atoms with Gasteiger partial charge in [0.15, 0.2) is 0 Å². The molecule has 0 saturated heterocycles. The molecule has 4 rings (SSSR count). The van der Waals surface area contributed by atoms with E-state index in [0.29, 0.717) is 12.5 Å². The van der Waals surface area contributed by atoms with Gasteiger partial charge in [-0.2, -0.15) is 5.10 Å². The zero-order chi connectivity index (χ0) is 18.8. The monoisotopic (exact) mass is 361 g/mol. The van der Waals surface area contributed by atoms with Gasteiger partial charge in [-0.15, -0.1) is 0 Å². The summed E-state index contributed by atoms with van der Waals surface area (Å²) < 4.78 is 7.56. The molecule has 6 nitrogen and oxygen atoms in total. The molecule has 0 bridgehead atoms. The Balaban J connectivity index is 1.72. The quantitative estimate of drug-likeness (QED) is 0.549. The molecular weight excluding hydrogens is 338 g/mol. The summed E-state index contributed by atoms with van der Waals surface area (Å²) >= 11 is 0. The summed E-state index contributed by atoms with van der Waals surface area (Å²) in [5, 5.41) is 11.7. The van der Waals surface area contributed by atoms with E-state index in [1.807, 2.05) is 43.6 Å². The maximum Gasteiger partial charge on any atom is 0.137 e. The predicted octanol–water partition coefficient (Wildman–Crippen LogP) is 4.48. The number of hydrogen-bond acceptors (Lipinski definition) is 4. The molecule has 0 fully saturated rings. The maximum atomic E-state index is 5.48. The third-order valence-corrected chi connectivity index (χ3v) is 4.38. The lowest BCUT2D eigenvalue weighted by Crippen LogP contribution is -2.01. The topological polar surface area (TPSA) is 72.5 Å².